The Balaban J connectivity index is 1.23. The molecule has 2 heterocycles. The van der Waals surface area contributed by atoms with Crippen LogP contribution in [0.1, 0.15) is 0 Å². The van der Waals surface area contributed by atoms with Crippen molar-refractivity contribution in [1.82, 2.24) is 15.0 Å². The third-order valence-electron chi connectivity index (χ3n) is 10.2. The summed E-state index contributed by atoms with van der Waals surface area (Å²) in [6.45, 7) is 0. The van der Waals surface area contributed by atoms with Crippen molar-refractivity contribution in [3.8, 4) is 56.4 Å². The first-order chi connectivity index (χ1) is 26.3. The van der Waals surface area contributed by atoms with E-state index in [4.69, 9.17) is 15.0 Å². The van der Waals surface area contributed by atoms with E-state index in [-0.39, 0.29) is 0 Å². The van der Waals surface area contributed by atoms with Crippen LogP contribution in [0.3, 0.4) is 0 Å². The number of nitrogens with zero attached hydrogens (tertiary/aromatic N) is 3. The predicted octanol–water partition coefficient (Wildman–Crippen LogP) is 13.0. The fourth-order valence-corrected chi connectivity index (χ4v) is 12.2. The average molecular weight is 696 g/mol. The first-order valence-electron chi connectivity index (χ1n) is 17.9. The van der Waals surface area contributed by atoms with Crippen LogP contribution in [0.5, 0.6) is 0 Å². The highest BCUT2D eigenvalue weighted by atomic mass is 32.3. The summed E-state index contributed by atoms with van der Waals surface area (Å²) < 4.78 is 0. The molecule has 1 aliphatic heterocycles. The van der Waals surface area contributed by atoms with Gasteiger partial charge in [0.2, 0.25) is 0 Å². The van der Waals surface area contributed by atoms with Gasteiger partial charge in [0, 0.05) is 36.3 Å². The Hall–Kier alpha value is -6.62. The van der Waals surface area contributed by atoms with Gasteiger partial charge in [-0.2, -0.15) is 0 Å². The van der Waals surface area contributed by atoms with Crippen molar-refractivity contribution in [2.75, 3.05) is 0 Å². The second-order valence-electron chi connectivity index (χ2n) is 13.2. The van der Waals surface area contributed by atoms with E-state index in [0.29, 0.717) is 17.5 Å². The molecule has 1 aliphatic rings. The van der Waals surface area contributed by atoms with Gasteiger partial charge in [0.25, 0.3) is 0 Å². The van der Waals surface area contributed by atoms with Crippen LogP contribution in [0.2, 0.25) is 0 Å². The molecule has 1 unspecified atom stereocenters. The van der Waals surface area contributed by atoms with Gasteiger partial charge in [0.15, 0.2) is 17.5 Å². The standard InChI is InChI=1S/C49H33N3S/c1-4-18-35(19-5-1)47-50-48(36-20-6-2-7-21-36)52-49(51-47)43-28-13-12-25-39(43)37-31-32-42-41-27-14-15-29-45(41)53(46(42)33-37,38-23-8-3-9-24-38)44-30-16-22-34-17-10-11-26-40(34)44/h1-33H. The van der Waals surface area contributed by atoms with Crippen molar-refractivity contribution in [2.24, 2.45) is 0 Å². The maximum Gasteiger partial charge on any atom is 0.164 e. The van der Waals surface area contributed by atoms with Gasteiger partial charge < -0.3 is 0 Å². The quantitative estimate of drug-likeness (QED) is 0.174. The molecule has 4 heteroatoms. The lowest BCUT2D eigenvalue weighted by Gasteiger charge is -2.40. The summed E-state index contributed by atoms with van der Waals surface area (Å²) in [7, 11) is -1.90. The summed E-state index contributed by atoms with van der Waals surface area (Å²) in [5.74, 6) is 1.95. The Labute approximate surface area is 310 Å². The summed E-state index contributed by atoms with van der Waals surface area (Å²) in [6.07, 6.45) is 0. The zero-order chi connectivity index (χ0) is 35.2. The first-order valence-corrected chi connectivity index (χ1v) is 19.5. The maximum atomic E-state index is 5.13. The van der Waals surface area contributed by atoms with Crippen molar-refractivity contribution < 1.29 is 0 Å². The van der Waals surface area contributed by atoms with Gasteiger partial charge in [-0.1, -0.05) is 170 Å². The molecule has 0 amide bonds. The van der Waals surface area contributed by atoms with Gasteiger partial charge in [-0.05, 0) is 63.4 Å². The Bertz CT molecular complexity index is 2720. The van der Waals surface area contributed by atoms with Crippen molar-refractivity contribution in [3.63, 3.8) is 0 Å². The molecule has 1 aromatic heterocycles. The van der Waals surface area contributed by atoms with E-state index < -0.39 is 10.0 Å². The first kappa shape index (κ1) is 31.1. The third kappa shape index (κ3) is 5.10. The van der Waals surface area contributed by atoms with Crippen molar-refractivity contribution in [2.45, 2.75) is 19.6 Å². The second kappa shape index (κ2) is 12.9. The van der Waals surface area contributed by atoms with Crippen LogP contribution < -0.4 is 0 Å². The van der Waals surface area contributed by atoms with E-state index >= 15 is 0 Å². The zero-order valence-corrected chi connectivity index (χ0v) is 29.6. The lowest BCUT2D eigenvalue weighted by molar-refractivity contribution is 1.07. The lowest BCUT2D eigenvalue weighted by Crippen LogP contribution is -2.03. The Morgan fingerprint density at radius 2 is 0.811 bits per heavy atom. The number of rotatable bonds is 6. The molecule has 1 atom stereocenters. The molecule has 10 rings (SSSR count). The minimum Gasteiger partial charge on any atom is -0.208 e. The SMILES string of the molecule is c1ccc(-c2nc(-c3ccccc3)nc(-c3ccccc3-c3ccc4c(c3)S(c3ccccc3)(c3cccc5ccccc35)c3ccccc3-4)n2)cc1. The molecule has 0 saturated carbocycles. The minimum atomic E-state index is -1.90. The minimum absolute atomic E-state index is 0.646. The summed E-state index contributed by atoms with van der Waals surface area (Å²) in [6, 6.07) is 71.7. The molecule has 9 aromatic rings. The van der Waals surface area contributed by atoms with Crippen molar-refractivity contribution in [1.29, 1.82) is 0 Å². The Morgan fingerprint density at radius 3 is 1.53 bits per heavy atom. The van der Waals surface area contributed by atoms with Crippen LogP contribution in [-0.2, 0) is 0 Å². The molecule has 0 saturated heterocycles. The van der Waals surface area contributed by atoms with Crippen LogP contribution in [0, 0.1) is 0 Å². The molecule has 8 aromatic carbocycles. The molecule has 53 heavy (non-hydrogen) atoms. The molecule has 0 N–H and O–H groups in total. The van der Waals surface area contributed by atoms with Crippen LogP contribution in [0.25, 0.3) is 67.2 Å². The van der Waals surface area contributed by atoms with Crippen LogP contribution in [0.4, 0.5) is 0 Å². The molecular weight excluding hydrogens is 663 g/mol. The van der Waals surface area contributed by atoms with E-state index in [1.165, 1.54) is 41.5 Å². The Kier molecular flexibility index (Phi) is 7.55. The molecular formula is C49H33N3S. The summed E-state index contributed by atoms with van der Waals surface area (Å²) in [5, 5.41) is 2.54. The smallest absolute Gasteiger partial charge is 0.164 e. The summed E-state index contributed by atoms with van der Waals surface area (Å²) in [5.41, 5.74) is 7.65. The van der Waals surface area contributed by atoms with E-state index in [2.05, 4.69) is 164 Å². The Morgan fingerprint density at radius 1 is 0.302 bits per heavy atom. The van der Waals surface area contributed by atoms with Crippen molar-refractivity contribution in [3.05, 3.63) is 200 Å². The van der Waals surface area contributed by atoms with E-state index in [1.807, 2.05) is 36.4 Å². The monoisotopic (exact) mass is 695 g/mol. The number of fused-ring (bicyclic) bond motifs is 4. The van der Waals surface area contributed by atoms with Gasteiger partial charge in [0.05, 0.1) is 0 Å². The second-order valence-corrected chi connectivity index (χ2v) is 16.2. The predicted molar refractivity (Wildman–Crippen MR) is 218 cm³/mol. The van der Waals surface area contributed by atoms with Crippen LogP contribution in [-0.4, -0.2) is 15.0 Å². The highest BCUT2D eigenvalue weighted by molar-refractivity contribution is 8.34. The van der Waals surface area contributed by atoms with E-state index in [9.17, 15) is 0 Å². The largest absolute Gasteiger partial charge is 0.208 e. The maximum absolute atomic E-state index is 5.13. The zero-order valence-electron chi connectivity index (χ0n) is 28.8. The van der Waals surface area contributed by atoms with Gasteiger partial charge in [-0.15, -0.1) is 10.0 Å². The fraction of sp³-hybridized carbons (Fsp3) is 0. The van der Waals surface area contributed by atoms with Crippen LogP contribution >= 0.6 is 10.0 Å². The molecule has 0 bridgehead atoms. The van der Waals surface area contributed by atoms with Gasteiger partial charge in [-0.3, -0.25) is 0 Å². The average Bonchev–Trinajstić information content (AvgIpc) is 3.54. The summed E-state index contributed by atoms with van der Waals surface area (Å²) in [4.78, 5) is 20.6. The topological polar surface area (TPSA) is 38.7 Å². The highest BCUT2D eigenvalue weighted by Crippen LogP contribution is 2.80. The summed E-state index contributed by atoms with van der Waals surface area (Å²) >= 11 is 0. The van der Waals surface area contributed by atoms with Crippen molar-refractivity contribution >= 4 is 20.8 Å². The van der Waals surface area contributed by atoms with E-state index in [1.54, 1.807) is 0 Å². The molecule has 250 valence electrons. The number of benzene rings is 8. The van der Waals surface area contributed by atoms with Gasteiger partial charge in [-0.25, -0.2) is 15.0 Å². The fourth-order valence-electron chi connectivity index (χ4n) is 7.80. The normalized spacial score (nSPS) is 15.7. The molecule has 3 nitrogen and oxygen atoms in total. The third-order valence-corrected chi connectivity index (χ3v) is 14.2. The van der Waals surface area contributed by atoms with Crippen LogP contribution in [0.15, 0.2) is 220 Å². The lowest BCUT2D eigenvalue weighted by atomic mass is 9.96. The van der Waals surface area contributed by atoms with Gasteiger partial charge >= 0.3 is 0 Å². The molecule has 0 fully saturated rings. The number of aromatic nitrogens is 3. The molecule has 0 aliphatic carbocycles. The van der Waals surface area contributed by atoms with Gasteiger partial charge in [0.1, 0.15) is 0 Å². The molecule has 0 radical (unpaired) electrons. The van der Waals surface area contributed by atoms with E-state index in [0.717, 1.165) is 27.8 Å². The number of hydrogen-bond donors (Lipinski definition) is 0. The molecule has 0 spiro atoms. The number of hydrogen-bond acceptors (Lipinski definition) is 3. The highest BCUT2D eigenvalue weighted by Gasteiger charge is 2.43.